The molecule has 0 unspecified atom stereocenters. The number of carbonyl (C=O) groups is 3. The van der Waals surface area contributed by atoms with E-state index in [0.717, 1.165) is 5.56 Å². The van der Waals surface area contributed by atoms with E-state index in [1.807, 2.05) is 13.0 Å². The molecule has 0 aliphatic heterocycles. The standard InChI is InChI=1S/C25H24N4O5/c1-17-7-5-9-19(13-17)28-24(31)25(32)29-26-15-18-8-3-4-12-22(18)34-16-23(30)27-20-10-6-11-21(14-20)33-2/h3-15H,16H2,1-2H3,(H,27,30)(H,28,31)(H,29,32)/b26-15-. The second kappa shape index (κ2) is 11.8. The van der Waals surface area contributed by atoms with Gasteiger partial charge >= 0.3 is 11.8 Å². The largest absolute Gasteiger partial charge is 0.497 e. The van der Waals surface area contributed by atoms with Crippen molar-refractivity contribution < 1.29 is 23.9 Å². The van der Waals surface area contributed by atoms with Gasteiger partial charge in [-0.2, -0.15) is 5.10 Å². The van der Waals surface area contributed by atoms with Gasteiger partial charge in [-0.1, -0.05) is 30.3 Å². The molecule has 9 heteroatoms. The molecule has 3 amide bonds. The summed E-state index contributed by atoms with van der Waals surface area (Å²) in [5.74, 6) is -1.13. The highest BCUT2D eigenvalue weighted by molar-refractivity contribution is 6.39. The number of ether oxygens (including phenoxy) is 2. The monoisotopic (exact) mass is 460 g/mol. The van der Waals surface area contributed by atoms with E-state index in [9.17, 15) is 14.4 Å². The Balaban J connectivity index is 1.53. The summed E-state index contributed by atoms with van der Waals surface area (Å²) in [6, 6.07) is 20.9. The van der Waals surface area contributed by atoms with Gasteiger partial charge in [-0.15, -0.1) is 0 Å². The molecular formula is C25H24N4O5. The zero-order chi connectivity index (χ0) is 24.3. The highest BCUT2D eigenvalue weighted by atomic mass is 16.5. The summed E-state index contributed by atoms with van der Waals surface area (Å²) in [6.45, 7) is 1.63. The first-order chi connectivity index (χ1) is 16.4. The van der Waals surface area contributed by atoms with Crippen LogP contribution in [0.1, 0.15) is 11.1 Å². The molecule has 174 valence electrons. The fourth-order valence-electron chi connectivity index (χ4n) is 2.88. The van der Waals surface area contributed by atoms with Crippen LogP contribution in [0.5, 0.6) is 11.5 Å². The smallest absolute Gasteiger partial charge is 0.329 e. The SMILES string of the molecule is COc1cccc(NC(=O)COc2ccccc2/C=N\NC(=O)C(=O)Nc2cccc(C)c2)c1. The van der Waals surface area contributed by atoms with Crippen molar-refractivity contribution in [1.29, 1.82) is 0 Å². The maximum Gasteiger partial charge on any atom is 0.329 e. The van der Waals surface area contributed by atoms with Crippen LogP contribution in [0.2, 0.25) is 0 Å². The average Bonchev–Trinajstić information content (AvgIpc) is 2.83. The van der Waals surface area contributed by atoms with E-state index in [1.54, 1.807) is 73.8 Å². The fraction of sp³-hybridized carbons (Fsp3) is 0.120. The van der Waals surface area contributed by atoms with Gasteiger partial charge in [0.15, 0.2) is 6.61 Å². The number of hydrogen-bond acceptors (Lipinski definition) is 6. The molecule has 34 heavy (non-hydrogen) atoms. The van der Waals surface area contributed by atoms with Crippen molar-refractivity contribution in [2.45, 2.75) is 6.92 Å². The molecule has 0 saturated heterocycles. The molecule has 0 aliphatic rings. The lowest BCUT2D eigenvalue weighted by Crippen LogP contribution is -2.32. The van der Waals surface area contributed by atoms with Crippen LogP contribution in [0.3, 0.4) is 0 Å². The van der Waals surface area contributed by atoms with Crippen molar-refractivity contribution in [3.05, 3.63) is 83.9 Å². The molecule has 3 aromatic rings. The molecule has 0 aromatic heterocycles. The number of amides is 3. The Morgan fingerprint density at radius 2 is 1.62 bits per heavy atom. The molecule has 0 fully saturated rings. The van der Waals surface area contributed by atoms with Crippen LogP contribution in [-0.2, 0) is 14.4 Å². The van der Waals surface area contributed by atoms with Crippen molar-refractivity contribution in [1.82, 2.24) is 5.43 Å². The molecule has 0 spiro atoms. The maximum absolute atomic E-state index is 12.2. The van der Waals surface area contributed by atoms with Gasteiger partial charge in [-0.3, -0.25) is 14.4 Å². The van der Waals surface area contributed by atoms with Crippen LogP contribution in [0, 0.1) is 6.92 Å². The lowest BCUT2D eigenvalue weighted by atomic mass is 10.2. The predicted molar refractivity (Wildman–Crippen MR) is 129 cm³/mol. The van der Waals surface area contributed by atoms with Gasteiger partial charge < -0.3 is 20.1 Å². The van der Waals surface area contributed by atoms with Crippen LogP contribution >= 0.6 is 0 Å². The van der Waals surface area contributed by atoms with Gasteiger partial charge in [0.2, 0.25) is 0 Å². The Kier molecular flexibility index (Phi) is 8.34. The third-order valence-corrected chi connectivity index (χ3v) is 4.48. The molecule has 3 N–H and O–H groups in total. The first kappa shape index (κ1) is 24.0. The third kappa shape index (κ3) is 7.20. The first-order valence-corrected chi connectivity index (χ1v) is 10.3. The Morgan fingerprint density at radius 1 is 0.882 bits per heavy atom. The molecular weight excluding hydrogens is 436 g/mol. The predicted octanol–water partition coefficient (Wildman–Crippen LogP) is 3.11. The van der Waals surface area contributed by atoms with Crippen LogP contribution in [0.25, 0.3) is 0 Å². The van der Waals surface area contributed by atoms with Gasteiger partial charge in [0.25, 0.3) is 5.91 Å². The van der Waals surface area contributed by atoms with Gasteiger partial charge in [0.05, 0.1) is 13.3 Å². The number of hydrazone groups is 1. The van der Waals surface area contributed by atoms with E-state index in [4.69, 9.17) is 9.47 Å². The van der Waals surface area contributed by atoms with E-state index < -0.39 is 11.8 Å². The van der Waals surface area contributed by atoms with Crippen molar-refractivity contribution in [2.24, 2.45) is 5.10 Å². The van der Waals surface area contributed by atoms with Crippen LogP contribution in [-0.4, -0.2) is 37.7 Å². The normalized spacial score (nSPS) is 10.4. The molecule has 0 radical (unpaired) electrons. The summed E-state index contributed by atoms with van der Waals surface area (Å²) in [6.07, 6.45) is 1.33. The Bertz CT molecular complexity index is 1210. The molecule has 0 heterocycles. The van der Waals surface area contributed by atoms with Crippen molar-refractivity contribution in [3.63, 3.8) is 0 Å². The average molecular weight is 460 g/mol. The number of aryl methyl sites for hydroxylation is 1. The number of carbonyl (C=O) groups excluding carboxylic acids is 3. The summed E-state index contributed by atoms with van der Waals surface area (Å²) >= 11 is 0. The summed E-state index contributed by atoms with van der Waals surface area (Å²) in [5, 5.41) is 9.04. The molecule has 0 aliphatic carbocycles. The Hall–Kier alpha value is -4.66. The number of hydrogen-bond donors (Lipinski definition) is 3. The lowest BCUT2D eigenvalue weighted by Gasteiger charge is -2.10. The lowest BCUT2D eigenvalue weighted by molar-refractivity contribution is -0.136. The van der Waals surface area contributed by atoms with Crippen molar-refractivity contribution in [2.75, 3.05) is 24.4 Å². The number of para-hydroxylation sites is 1. The second-order valence-electron chi connectivity index (χ2n) is 7.13. The number of rotatable bonds is 8. The number of benzene rings is 3. The Morgan fingerprint density at radius 3 is 2.38 bits per heavy atom. The van der Waals surface area contributed by atoms with E-state index in [-0.39, 0.29) is 12.5 Å². The van der Waals surface area contributed by atoms with Gasteiger partial charge in [-0.05, 0) is 48.9 Å². The van der Waals surface area contributed by atoms with Crippen LogP contribution in [0.4, 0.5) is 11.4 Å². The minimum atomic E-state index is -0.922. The number of nitrogens with one attached hydrogen (secondary N) is 3. The summed E-state index contributed by atoms with van der Waals surface area (Å²) in [7, 11) is 1.54. The number of anilines is 2. The molecule has 0 bridgehead atoms. The first-order valence-electron chi connectivity index (χ1n) is 10.3. The molecule has 9 nitrogen and oxygen atoms in total. The van der Waals surface area contributed by atoms with E-state index in [0.29, 0.717) is 28.4 Å². The molecule has 3 aromatic carbocycles. The molecule has 0 saturated carbocycles. The number of nitrogens with zero attached hydrogens (tertiary/aromatic N) is 1. The fourth-order valence-corrected chi connectivity index (χ4v) is 2.88. The highest BCUT2D eigenvalue weighted by Crippen LogP contribution is 2.18. The summed E-state index contributed by atoms with van der Waals surface area (Å²) < 4.78 is 10.7. The van der Waals surface area contributed by atoms with Crippen LogP contribution in [0.15, 0.2) is 77.9 Å². The Labute approximate surface area is 196 Å². The minimum Gasteiger partial charge on any atom is -0.497 e. The molecule has 3 rings (SSSR count). The quantitative estimate of drug-likeness (QED) is 0.271. The molecule has 0 atom stereocenters. The zero-order valence-electron chi connectivity index (χ0n) is 18.7. The van der Waals surface area contributed by atoms with Crippen LogP contribution < -0.4 is 25.5 Å². The van der Waals surface area contributed by atoms with Crippen molar-refractivity contribution in [3.8, 4) is 11.5 Å². The van der Waals surface area contributed by atoms with E-state index in [2.05, 4.69) is 21.2 Å². The maximum atomic E-state index is 12.2. The van der Waals surface area contributed by atoms with Crippen molar-refractivity contribution >= 4 is 35.3 Å². The second-order valence-corrected chi connectivity index (χ2v) is 7.13. The topological polar surface area (TPSA) is 118 Å². The van der Waals surface area contributed by atoms with Gasteiger partial charge in [0, 0.05) is 23.0 Å². The van der Waals surface area contributed by atoms with E-state index >= 15 is 0 Å². The minimum absolute atomic E-state index is 0.243. The zero-order valence-corrected chi connectivity index (χ0v) is 18.7. The van der Waals surface area contributed by atoms with Gasteiger partial charge in [0.1, 0.15) is 11.5 Å². The summed E-state index contributed by atoms with van der Waals surface area (Å²) in [4.78, 5) is 36.3. The summed E-state index contributed by atoms with van der Waals surface area (Å²) in [5.41, 5.74) is 4.72. The van der Waals surface area contributed by atoms with E-state index in [1.165, 1.54) is 6.21 Å². The third-order valence-electron chi connectivity index (χ3n) is 4.48. The number of methoxy groups -OCH3 is 1. The highest BCUT2D eigenvalue weighted by Gasteiger charge is 2.13. The van der Waals surface area contributed by atoms with Gasteiger partial charge in [-0.25, -0.2) is 5.43 Å².